The number of hydrogen-bond donors (Lipinski definition) is 0. The third kappa shape index (κ3) is 4.83. The first-order valence-electron chi connectivity index (χ1n) is 9.74. The van der Waals surface area contributed by atoms with Gasteiger partial charge in [0.25, 0.3) is 5.69 Å². The normalized spacial score (nSPS) is 20.2. The van der Waals surface area contributed by atoms with Gasteiger partial charge in [-0.1, -0.05) is 30.3 Å². The molecule has 2 aromatic carbocycles. The molecule has 1 aliphatic heterocycles. The van der Waals surface area contributed by atoms with Crippen molar-refractivity contribution in [2.24, 2.45) is 0 Å². The quantitative estimate of drug-likeness (QED) is 0.407. The molecule has 1 fully saturated rings. The van der Waals surface area contributed by atoms with Gasteiger partial charge in [0.15, 0.2) is 0 Å². The van der Waals surface area contributed by atoms with Gasteiger partial charge in [-0.3, -0.25) is 19.8 Å². The minimum atomic E-state index is -0.567. The molecular formula is C22H24N2O6. The predicted octanol–water partition coefficient (Wildman–Crippen LogP) is 3.52. The van der Waals surface area contributed by atoms with Gasteiger partial charge in [0.05, 0.1) is 17.6 Å². The Morgan fingerprint density at radius 2 is 1.80 bits per heavy atom. The molecule has 1 saturated heterocycles. The fourth-order valence-electron chi connectivity index (χ4n) is 3.75. The number of benzene rings is 2. The van der Waals surface area contributed by atoms with E-state index in [9.17, 15) is 19.7 Å². The van der Waals surface area contributed by atoms with Crippen molar-refractivity contribution in [3.05, 3.63) is 75.8 Å². The van der Waals surface area contributed by atoms with Crippen LogP contribution < -0.4 is 0 Å². The van der Waals surface area contributed by atoms with Gasteiger partial charge in [-0.2, -0.15) is 0 Å². The Balaban J connectivity index is 1.69. The van der Waals surface area contributed by atoms with Crippen molar-refractivity contribution < 1.29 is 24.0 Å². The Kier molecular flexibility index (Phi) is 6.79. The lowest BCUT2D eigenvalue weighted by Gasteiger charge is -2.41. The molecular weight excluding hydrogens is 388 g/mol. The first-order chi connectivity index (χ1) is 14.4. The van der Waals surface area contributed by atoms with Gasteiger partial charge in [-0.25, -0.2) is 4.79 Å². The maximum Gasteiger partial charge on any atom is 0.338 e. The number of carbonyl (C=O) groups is 2. The van der Waals surface area contributed by atoms with E-state index >= 15 is 0 Å². The molecule has 0 amide bonds. The maximum atomic E-state index is 12.5. The number of methoxy groups -OCH3 is 1. The molecule has 0 radical (unpaired) electrons. The highest BCUT2D eigenvalue weighted by Crippen LogP contribution is 2.30. The van der Waals surface area contributed by atoms with Crippen LogP contribution in [0.2, 0.25) is 0 Å². The first-order valence-corrected chi connectivity index (χ1v) is 9.74. The van der Waals surface area contributed by atoms with Gasteiger partial charge in [0.1, 0.15) is 12.1 Å². The summed E-state index contributed by atoms with van der Waals surface area (Å²) in [5, 5.41) is 10.8. The maximum absolute atomic E-state index is 12.5. The SMILES string of the molecule is COC(=O)C1CC(OC(=O)c2ccc([N+](=O)[O-])cc2)CCN1C(C)c1ccccc1. The lowest BCUT2D eigenvalue weighted by Crippen LogP contribution is -2.50. The third-order valence-electron chi connectivity index (χ3n) is 5.44. The zero-order chi connectivity index (χ0) is 21.7. The smallest absolute Gasteiger partial charge is 0.338 e. The molecule has 30 heavy (non-hydrogen) atoms. The molecule has 0 bridgehead atoms. The van der Waals surface area contributed by atoms with Gasteiger partial charge in [0.2, 0.25) is 0 Å². The van der Waals surface area contributed by atoms with Crippen LogP contribution in [0.15, 0.2) is 54.6 Å². The van der Waals surface area contributed by atoms with Gasteiger partial charge in [0, 0.05) is 31.1 Å². The topological polar surface area (TPSA) is 99.0 Å². The van der Waals surface area contributed by atoms with E-state index in [0.717, 1.165) is 5.56 Å². The summed E-state index contributed by atoms with van der Waals surface area (Å²) in [6, 6.07) is 14.6. The van der Waals surface area contributed by atoms with Crippen LogP contribution in [-0.2, 0) is 14.3 Å². The highest BCUT2D eigenvalue weighted by atomic mass is 16.6. The molecule has 2 aromatic rings. The van der Waals surface area contributed by atoms with E-state index in [0.29, 0.717) is 19.4 Å². The predicted molar refractivity (Wildman–Crippen MR) is 109 cm³/mol. The second-order valence-corrected chi connectivity index (χ2v) is 7.22. The Morgan fingerprint density at radius 1 is 1.13 bits per heavy atom. The molecule has 0 spiro atoms. The van der Waals surface area contributed by atoms with Crippen LogP contribution in [0.1, 0.15) is 41.7 Å². The zero-order valence-corrected chi connectivity index (χ0v) is 16.9. The number of rotatable bonds is 6. The molecule has 1 heterocycles. The van der Waals surface area contributed by atoms with Crippen molar-refractivity contribution >= 4 is 17.6 Å². The van der Waals surface area contributed by atoms with E-state index in [4.69, 9.17) is 9.47 Å². The Labute approximate surface area is 174 Å². The van der Waals surface area contributed by atoms with E-state index in [1.807, 2.05) is 37.3 Å². The van der Waals surface area contributed by atoms with Crippen LogP contribution >= 0.6 is 0 Å². The van der Waals surface area contributed by atoms with Crippen molar-refractivity contribution in [2.75, 3.05) is 13.7 Å². The monoisotopic (exact) mass is 412 g/mol. The number of ether oxygens (including phenoxy) is 2. The number of likely N-dealkylation sites (tertiary alicyclic amines) is 1. The van der Waals surface area contributed by atoms with Crippen molar-refractivity contribution in [2.45, 2.75) is 38.0 Å². The Morgan fingerprint density at radius 3 is 2.40 bits per heavy atom. The van der Waals surface area contributed by atoms with Crippen LogP contribution in [0.4, 0.5) is 5.69 Å². The minimum Gasteiger partial charge on any atom is -0.468 e. The molecule has 3 unspecified atom stereocenters. The van der Waals surface area contributed by atoms with Gasteiger partial charge < -0.3 is 9.47 Å². The Bertz CT molecular complexity index is 900. The summed E-state index contributed by atoms with van der Waals surface area (Å²) in [4.78, 5) is 37.2. The third-order valence-corrected chi connectivity index (χ3v) is 5.44. The first kappa shape index (κ1) is 21.4. The molecule has 1 aliphatic rings. The number of carbonyl (C=O) groups excluding carboxylic acids is 2. The lowest BCUT2D eigenvalue weighted by atomic mass is 9.95. The molecule has 0 aliphatic carbocycles. The highest BCUT2D eigenvalue weighted by Gasteiger charge is 2.38. The molecule has 158 valence electrons. The van der Waals surface area contributed by atoms with Crippen molar-refractivity contribution in [1.82, 2.24) is 4.90 Å². The number of non-ortho nitro benzene ring substituents is 1. The van der Waals surface area contributed by atoms with Crippen LogP contribution in [0, 0.1) is 10.1 Å². The van der Waals surface area contributed by atoms with Crippen molar-refractivity contribution in [3.8, 4) is 0 Å². The van der Waals surface area contributed by atoms with Gasteiger partial charge in [-0.05, 0) is 31.0 Å². The highest BCUT2D eigenvalue weighted by molar-refractivity contribution is 5.89. The number of hydrogen-bond acceptors (Lipinski definition) is 7. The lowest BCUT2D eigenvalue weighted by molar-refractivity contribution is -0.384. The van der Waals surface area contributed by atoms with Gasteiger partial charge in [-0.15, -0.1) is 0 Å². The van der Waals surface area contributed by atoms with Crippen LogP contribution in [0.3, 0.4) is 0 Å². The van der Waals surface area contributed by atoms with E-state index in [1.165, 1.54) is 31.4 Å². The summed E-state index contributed by atoms with van der Waals surface area (Å²) in [6.07, 6.45) is 0.447. The fraction of sp³-hybridized carbons (Fsp3) is 0.364. The van der Waals surface area contributed by atoms with E-state index in [2.05, 4.69) is 4.90 Å². The van der Waals surface area contributed by atoms with Gasteiger partial charge >= 0.3 is 11.9 Å². The summed E-state index contributed by atoms with van der Waals surface area (Å²) < 4.78 is 10.6. The van der Waals surface area contributed by atoms with Crippen LogP contribution in [0.25, 0.3) is 0 Å². The summed E-state index contributed by atoms with van der Waals surface area (Å²) in [5.74, 6) is -0.933. The zero-order valence-electron chi connectivity index (χ0n) is 16.9. The second kappa shape index (κ2) is 9.49. The molecule has 3 atom stereocenters. The standard InChI is InChI=1S/C22H24N2O6/c1-15(16-6-4-3-5-7-16)23-13-12-19(14-20(23)22(26)29-2)30-21(25)17-8-10-18(11-9-17)24(27)28/h3-11,15,19-20H,12-14H2,1-2H3. The van der Waals surface area contributed by atoms with Crippen molar-refractivity contribution in [1.29, 1.82) is 0 Å². The molecule has 0 saturated carbocycles. The average molecular weight is 412 g/mol. The molecule has 0 aromatic heterocycles. The molecule has 3 rings (SSSR count). The summed E-state index contributed by atoms with van der Waals surface area (Å²) in [5.41, 5.74) is 1.23. The Hall–Kier alpha value is -3.26. The molecule has 8 heteroatoms. The number of esters is 2. The van der Waals surface area contributed by atoms with Crippen LogP contribution in [-0.4, -0.2) is 47.6 Å². The number of nitro groups is 1. The number of nitrogens with zero attached hydrogens (tertiary/aromatic N) is 2. The number of piperidine rings is 1. The summed E-state index contributed by atoms with van der Waals surface area (Å²) >= 11 is 0. The van der Waals surface area contributed by atoms with Crippen molar-refractivity contribution in [3.63, 3.8) is 0 Å². The average Bonchev–Trinajstić information content (AvgIpc) is 2.78. The minimum absolute atomic E-state index is 0.00150. The largest absolute Gasteiger partial charge is 0.468 e. The molecule has 8 nitrogen and oxygen atoms in total. The van der Waals surface area contributed by atoms with E-state index in [1.54, 1.807) is 0 Å². The van der Waals surface area contributed by atoms with E-state index < -0.39 is 23.0 Å². The molecule has 0 N–H and O–H groups in total. The van der Waals surface area contributed by atoms with E-state index in [-0.39, 0.29) is 23.3 Å². The number of nitro benzene ring substituents is 1. The summed E-state index contributed by atoms with van der Waals surface area (Å²) in [7, 11) is 1.35. The van der Waals surface area contributed by atoms with Crippen LogP contribution in [0.5, 0.6) is 0 Å². The fourth-order valence-corrected chi connectivity index (χ4v) is 3.75. The second-order valence-electron chi connectivity index (χ2n) is 7.22. The summed E-state index contributed by atoms with van der Waals surface area (Å²) in [6.45, 7) is 2.60.